The monoisotopic (exact) mass is 664 g/mol. The first-order chi connectivity index (χ1) is 20.6. The van der Waals surface area contributed by atoms with Gasteiger partial charge in [0, 0.05) is 34.4 Å². The van der Waals surface area contributed by atoms with E-state index in [-0.39, 0.29) is 26.7 Å². The number of carboxylic acid groups (broad SMARTS) is 1. The van der Waals surface area contributed by atoms with Crippen molar-refractivity contribution >= 4 is 29.5 Å². The van der Waals surface area contributed by atoms with Crippen molar-refractivity contribution in [2.24, 2.45) is 0 Å². The van der Waals surface area contributed by atoms with Gasteiger partial charge in [0.15, 0.2) is 0 Å². The number of thioether (sulfide) groups is 2. The highest BCUT2D eigenvalue weighted by Gasteiger charge is 2.30. The van der Waals surface area contributed by atoms with E-state index in [0.717, 1.165) is 12.9 Å². The lowest BCUT2D eigenvalue weighted by Gasteiger charge is -2.32. The molecule has 0 saturated heterocycles. The first kappa shape index (κ1) is 45.5. The Morgan fingerprint density at radius 3 is 1.49 bits per heavy atom. The average molecular weight is 665 g/mol. The molecule has 0 aliphatic carbocycles. The molecule has 0 fully saturated rings. The van der Waals surface area contributed by atoms with Crippen molar-refractivity contribution in [2.45, 2.75) is 167 Å². The molecule has 0 spiro atoms. The SMILES string of the molecule is CC.CC.CC(C)c1cc(SC(C)(C)Sc2cc(C(C)(C)C)c(OCCCC(=O)O)c(C(C)(C)C)c2)cc(C(C)(C)C)c1.CO. The standard InChI is InChI=1S/C34H52O3S2.2C2H6.CH4O/c1-22(2)23-17-24(31(3,4)5)19-25(18-23)38-34(12,13)39-26-20-27(32(6,7)8)30(28(21-26)33(9,10)11)37-16-14-15-29(35)36;3*1-2/h17-22H,14-16H2,1-13H3,(H,35,36);2*1-2H3;2H,1H3. The fourth-order valence-electron chi connectivity index (χ4n) is 4.36. The molecule has 2 aromatic rings. The maximum atomic E-state index is 11.0. The number of hydrogen-bond donors (Lipinski definition) is 2. The zero-order chi connectivity index (χ0) is 36.0. The second-order valence-corrected chi connectivity index (χ2v) is 18.1. The minimum Gasteiger partial charge on any atom is -0.493 e. The van der Waals surface area contributed by atoms with E-state index in [9.17, 15) is 4.79 Å². The topological polar surface area (TPSA) is 66.8 Å². The number of benzene rings is 2. The summed E-state index contributed by atoms with van der Waals surface area (Å²) in [6.45, 7) is 37.7. The molecule has 0 atom stereocenters. The van der Waals surface area contributed by atoms with Gasteiger partial charge < -0.3 is 14.9 Å². The molecule has 0 unspecified atom stereocenters. The molecule has 0 aliphatic heterocycles. The van der Waals surface area contributed by atoms with Gasteiger partial charge in [0.05, 0.1) is 10.7 Å². The summed E-state index contributed by atoms with van der Waals surface area (Å²) >= 11 is 3.83. The summed E-state index contributed by atoms with van der Waals surface area (Å²) < 4.78 is 6.26. The van der Waals surface area contributed by atoms with E-state index in [2.05, 4.69) is 120 Å². The predicted octanol–water partition coefficient (Wildman–Crippen LogP) is 12.2. The molecule has 0 radical (unpaired) electrons. The third kappa shape index (κ3) is 16.2. The highest BCUT2D eigenvalue weighted by molar-refractivity contribution is 8.18. The average Bonchev–Trinajstić information content (AvgIpc) is 2.92. The van der Waals surface area contributed by atoms with E-state index >= 15 is 0 Å². The smallest absolute Gasteiger partial charge is 0.303 e. The van der Waals surface area contributed by atoms with E-state index in [1.165, 1.54) is 32.0 Å². The van der Waals surface area contributed by atoms with E-state index in [4.69, 9.17) is 14.9 Å². The van der Waals surface area contributed by atoms with Crippen molar-refractivity contribution in [3.05, 3.63) is 52.6 Å². The van der Waals surface area contributed by atoms with Gasteiger partial charge in [-0.25, -0.2) is 0 Å². The van der Waals surface area contributed by atoms with E-state index in [0.29, 0.717) is 18.9 Å². The quantitative estimate of drug-likeness (QED) is 0.150. The van der Waals surface area contributed by atoms with Gasteiger partial charge in [-0.2, -0.15) is 0 Å². The van der Waals surface area contributed by atoms with Crippen molar-refractivity contribution in [1.29, 1.82) is 0 Å². The highest BCUT2D eigenvalue weighted by Crippen LogP contribution is 2.49. The minimum absolute atomic E-state index is 0.0982. The Morgan fingerprint density at radius 1 is 0.711 bits per heavy atom. The van der Waals surface area contributed by atoms with Crippen LogP contribution in [0.5, 0.6) is 5.75 Å². The van der Waals surface area contributed by atoms with Crippen molar-refractivity contribution in [3.8, 4) is 5.75 Å². The van der Waals surface area contributed by atoms with Crippen LogP contribution in [-0.2, 0) is 21.0 Å². The van der Waals surface area contributed by atoms with Gasteiger partial charge in [-0.05, 0) is 77.8 Å². The molecule has 0 saturated carbocycles. The molecule has 2 aromatic carbocycles. The molecule has 0 aliphatic rings. The van der Waals surface area contributed by atoms with Gasteiger partial charge in [0.1, 0.15) is 5.75 Å². The maximum absolute atomic E-state index is 11.0. The van der Waals surface area contributed by atoms with Crippen molar-refractivity contribution in [3.63, 3.8) is 0 Å². The van der Waals surface area contributed by atoms with Gasteiger partial charge in [0.25, 0.3) is 0 Å². The molecule has 4 nitrogen and oxygen atoms in total. The largest absolute Gasteiger partial charge is 0.493 e. The van der Waals surface area contributed by atoms with Gasteiger partial charge in [-0.15, -0.1) is 23.5 Å². The van der Waals surface area contributed by atoms with Gasteiger partial charge >= 0.3 is 5.97 Å². The van der Waals surface area contributed by atoms with Crippen LogP contribution in [0.4, 0.5) is 0 Å². The summed E-state index contributed by atoms with van der Waals surface area (Å²) in [5, 5.41) is 16.1. The first-order valence-electron chi connectivity index (χ1n) is 16.6. The van der Waals surface area contributed by atoms with E-state index < -0.39 is 5.97 Å². The summed E-state index contributed by atoms with van der Waals surface area (Å²) in [5.41, 5.74) is 4.97. The molecule has 260 valence electrons. The number of carbonyl (C=O) groups is 1. The zero-order valence-corrected chi connectivity index (χ0v) is 33.7. The van der Waals surface area contributed by atoms with Gasteiger partial charge in [0.2, 0.25) is 0 Å². The Bertz CT molecular complexity index is 1110. The van der Waals surface area contributed by atoms with Crippen molar-refractivity contribution in [2.75, 3.05) is 13.7 Å². The molecular weight excluding hydrogens is 597 g/mol. The number of carboxylic acids is 1. The highest BCUT2D eigenvalue weighted by atomic mass is 32.2. The second-order valence-electron chi connectivity index (χ2n) is 14.5. The molecule has 6 heteroatoms. The molecular formula is C39H68O4S2. The van der Waals surface area contributed by atoms with Crippen LogP contribution in [-0.4, -0.2) is 34.0 Å². The third-order valence-corrected chi connectivity index (χ3v) is 9.07. The maximum Gasteiger partial charge on any atom is 0.303 e. The van der Waals surface area contributed by atoms with Crippen LogP contribution in [0.2, 0.25) is 0 Å². The zero-order valence-electron chi connectivity index (χ0n) is 32.1. The van der Waals surface area contributed by atoms with Crippen LogP contribution in [0.15, 0.2) is 40.1 Å². The molecule has 0 amide bonds. The minimum atomic E-state index is -0.786. The number of hydrogen-bond acceptors (Lipinski definition) is 5. The fraction of sp³-hybridized carbons (Fsp3) is 0.667. The van der Waals surface area contributed by atoms with Crippen LogP contribution in [0.3, 0.4) is 0 Å². The van der Waals surface area contributed by atoms with Gasteiger partial charge in [-0.3, -0.25) is 4.79 Å². The summed E-state index contributed by atoms with van der Waals surface area (Å²) in [6, 6.07) is 11.7. The second kappa shape index (κ2) is 19.9. The molecule has 0 bridgehead atoms. The summed E-state index contributed by atoms with van der Waals surface area (Å²) in [7, 11) is 1.00. The Hall–Kier alpha value is -1.63. The lowest BCUT2D eigenvalue weighted by Crippen LogP contribution is -2.21. The number of aliphatic carboxylic acids is 1. The Balaban J connectivity index is 0. The predicted molar refractivity (Wildman–Crippen MR) is 202 cm³/mol. The first-order valence-corrected chi connectivity index (χ1v) is 18.3. The van der Waals surface area contributed by atoms with Crippen LogP contribution in [0.25, 0.3) is 0 Å². The molecule has 0 heterocycles. The fourth-order valence-corrected chi connectivity index (χ4v) is 6.98. The van der Waals surface area contributed by atoms with Crippen LogP contribution in [0.1, 0.15) is 159 Å². The van der Waals surface area contributed by atoms with Crippen LogP contribution < -0.4 is 4.74 Å². The Morgan fingerprint density at radius 2 is 1.13 bits per heavy atom. The van der Waals surface area contributed by atoms with Crippen molar-refractivity contribution < 1.29 is 19.7 Å². The van der Waals surface area contributed by atoms with Crippen LogP contribution >= 0.6 is 23.5 Å². The normalized spacial score (nSPS) is 11.8. The lowest BCUT2D eigenvalue weighted by molar-refractivity contribution is -0.137. The van der Waals surface area contributed by atoms with Crippen molar-refractivity contribution in [1.82, 2.24) is 0 Å². The number of aliphatic hydroxyl groups excluding tert-OH is 1. The summed E-state index contributed by atoms with van der Waals surface area (Å²) in [4.78, 5) is 13.6. The number of aliphatic hydroxyl groups is 1. The Labute approximate surface area is 286 Å². The third-order valence-electron chi connectivity index (χ3n) is 6.65. The van der Waals surface area contributed by atoms with E-state index in [1.807, 2.05) is 51.2 Å². The summed E-state index contributed by atoms with van der Waals surface area (Å²) in [5.74, 6) is 0.606. The number of ether oxygens (including phenoxy) is 1. The van der Waals surface area contributed by atoms with E-state index in [1.54, 1.807) is 0 Å². The van der Waals surface area contributed by atoms with Gasteiger partial charge in [-0.1, -0.05) is 110 Å². The summed E-state index contributed by atoms with van der Waals surface area (Å²) in [6.07, 6.45) is 0.610. The Kier molecular flexibility index (Phi) is 20.1. The molecule has 45 heavy (non-hydrogen) atoms. The molecule has 2 N–H and O–H groups in total. The van der Waals surface area contributed by atoms with Crippen LogP contribution in [0, 0.1) is 0 Å². The molecule has 2 rings (SSSR count). The molecule has 0 aromatic heterocycles. The lowest BCUT2D eigenvalue weighted by atomic mass is 9.79. The number of rotatable bonds is 10.